The van der Waals surface area contributed by atoms with Gasteiger partial charge in [0.25, 0.3) is 0 Å². The molecule has 0 rings (SSSR count). The zero-order valence-electron chi connectivity index (χ0n) is 8.28. The molecule has 0 aromatic carbocycles. The molecule has 0 N–H and O–H groups in total. The van der Waals surface area contributed by atoms with Gasteiger partial charge < -0.3 is 4.62 Å². The summed E-state index contributed by atoms with van der Waals surface area (Å²) in [5, 5.41) is 3.73. The van der Waals surface area contributed by atoms with Crippen LogP contribution < -0.4 is 0 Å². The minimum Gasteiger partial charge on any atom is -0.313 e. The third-order valence-corrected chi connectivity index (χ3v) is 2.50. The summed E-state index contributed by atoms with van der Waals surface area (Å²) in [6.45, 7) is 6.71. The van der Waals surface area contributed by atoms with Crippen LogP contribution in [0.15, 0.2) is 5.16 Å². The van der Waals surface area contributed by atoms with Gasteiger partial charge in [-0.15, -0.1) is 0 Å². The number of halogens is 1. The van der Waals surface area contributed by atoms with Gasteiger partial charge in [0, 0.05) is 6.42 Å². The number of oxime groups is 1. The zero-order valence-corrected chi connectivity index (χ0v) is 9.93. The molecular formula is C7H15ClNO3P. The highest BCUT2D eigenvalue weighted by molar-refractivity contribution is 7.52. The normalized spacial score (nSPS) is 17.2. The van der Waals surface area contributed by atoms with Gasteiger partial charge >= 0.3 is 7.60 Å². The summed E-state index contributed by atoms with van der Waals surface area (Å²) in [6, 6.07) is 0. The van der Waals surface area contributed by atoms with Gasteiger partial charge in [0.05, 0.1) is 12.8 Å². The Kier molecular flexibility index (Phi) is 5.61. The Morgan fingerprint density at radius 1 is 1.62 bits per heavy atom. The van der Waals surface area contributed by atoms with Crippen molar-refractivity contribution in [2.24, 2.45) is 5.16 Å². The van der Waals surface area contributed by atoms with E-state index < -0.39 is 7.60 Å². The third kappa shape index (κ3) is 7.05. The highest BCUT2D eigenvalue weighted by Crippen LogP contribution is 2.45. The van der Waals surface area contributed by atoms with Gasteiger partial charge in [0.2, 0.25) is 0 Å². The second-order valence-corrected chi connectivity index (χ2v) is 5.18. The summed E-state index contributed by atoms with van der Waals surface area (Å²) in [6.07, 6.45) is 0.384. The Labute approximate surface area is 83.8 Å². The second-order valence-electron chi connectivity index (χ2n) is 2.83. The van der Waals surface area contributed by atoms with Gasteiger partial charge in [-0.2, -0.15) is 0 Å². The highest BCUT2D eigenvalue weighted by atomic mass is 35.5. The third-order valence-electron chi connectivity index (χ3n) is 0.982. The van der Waals surface area contributed by atoms with Gasteiger partial charge in [-0.1, -0.05) is 23.7 Å². The monoisotopic (exact) mass is 227 g/mol. The number of nitrogens with zero attached hydrogens (tertiary/aromatic N) is 1. The summed E-state index contributed by atoms with van der Waals surface area (Å²) in [5.74, 6) is 0. The first-order chi connectivity index (χ1) is 5.87. The molecule has 0 aromatic rings. The highest BCUT2D eigenvalue weighted by Gasteiger charge is 2.19. The molecule has 0 saturated carbocycles. The Bertz CT molecular complexity index is 230. The molecule has 1 unspecified atom stereocenters. The summed E-state index contributed by atoms with van der Waals surface area (Å²) >= 11 is 5.56. The lowest BCUT2D eigenvalue weighted by molar-refractivity contribution is 0.176. The zero-order chi connectivity index (χ0) is 10.5. The summed E-state index contributed by atoms with van der Waals surface area (Å²) in [5.41, 5.74) is 0. The minimum absolute atomic E-state index is 0.161. The molecule has 1 atom stereocenters. The Balaban J connectivity index is 4.11. The van der Waals surface area contributed by atoms with Crippen molar-refractivity contribution < 1.29 is 13.7 Å². The van der Waals surface area contributed by atoms with Crippen molar-refractivity contribution in [3.63, 3.8) is 0 Å². The van der Waals surface area contributed by atoms with E-state index in [1.54, 1.807) is 13.8 Å². The van der Waals surface area contributed by atoms with E-state index >= 15 is 0 Å². The van der Waals surface area contributed by atoms with Gasteiger partial charge in [0.1, 0.15) is 5.17 Å². The smallest absolute Gasteiger partial charge is 0.313 e. The van der Waals surface area contributed by atoms with Crippen molar-refractivity contribution in [2.45, 2.75) is 33.3 Å². The average molecular weight is 228 g/mol. The van der Waals surface area contributed by atoms with Gasteiger partial charge in [-0.05, 0) is 13.8 Å². The minimum atomic E-state index is -3.09. The van der Waals surface area contributed by atoms with E-state index in [1.807, 2.05) is 6.92 Å². The molecule has 0 aliphatic heterocycles. The van der Waals surface area contributed by atoms with Crippen LogP contribution in [0.2, 0.25) is 0 Å². The SMILES string of the molecule is CCC(Cl)=NOP(C)(=O)OC(C)C. The molecule has 13 heavy (non-hydrogen) atoms. The standard InChI is InChI=1S/C7H15ClNO3P/c1-5-7(8)9-12-13(4,10)11-6(2)3/h6H,5H2,1-4H3. The Morgan fingerprint density at radius 2 is 2.15 bits per heavy atom. The first-order valence-corrected chi connectivity index (χ1v) is 6.41. The quantitative estimate of drug-likeness (QED) is 0.412. The van der Waals surface area contributed by atoms with E-state index in [0.29, 0.717) is 6.42 Å². The molecule has 0 radical (unpaired) electrons. The van der Waals surface area contributed by atoms with Crippen molar-refractivity contribution in [2.75, 3.05) is 6.66 Å². The predicted molar refractivity (Wildman–Crippen MR) is 54.4 cm³/mol. The van der Waals surface area contributed by atoms with E-state index in [9.17, 15) is 4.57 Å². The molecule has 0 spiro atoms. The summed E-state index contributed by atoms with van der Waals surface area (Å²) in [7, 11) is -3.09. The lowest BCUT2D eigenvalue weighted by atomic mass is 10.5. The summed E-state index contributed by atoms with van der Waals surface area (Å²) < 4.78 is 21.1. The fourth-order valence-corrected chi connectivity index (χ4v) is 1.72. The first kappa shape index (κ1) is 12.9. The molecular weight excluding hydrogens is 213 g/mol. The maximum atomic E-state index is 11.4. The van der Waals surface area contributed by atoms with Crippen molar-refractivity contribution in [1.82, 2.24) is 0 Å². The lowest BCUT2D eigenvalue weighted by Crippen LogP contribution is -2.00. The van der Waals surface area contributed by atoms with Gasteiger partial charge in [-0.3, -0.25) is 4.52 Å². The molecule has 0 amide bonds. The molecule has 0 saturated heterocycles. The van der Waals surface area contributed by atoms with Crippen LogP contribution in [-0.2, 0) is 13.7 Å². The van der Waals surface area contributed by atoms with Crippen LogP contribution >= 0.6 is 19.2 Å². The largest absolute Gasteiger partial charge is 0.397 e. The molecule has 0 fully saturated rings. The van der Waals surface area contributed by atoms with Crippen LogP contribution in [0, 0.1) is 0 Å². The summed E-state index contributed by atoms with van der Waals surface area (Å²) in [4.78, 5) is 0. The molecule has 78 valence electrons. The van der Waals surface area contributed by atoms with Gasteiger partial charge in [0.15, 0.2) is 0 Å². The van der Waals surface area contributed by atoms with Crippen LogP contribution in [0.1, 0.15) is 27.2 Å². The van der Waals surface area contributed by atoms with E-state index in [1.165, 1.54) is 6.66 Å². The average Bonchev–Trinajstić information content (AvgIpc) is 1.98. The van der Waals surface area contributed by atoms with Gasteiger partial charge in [-0.25, -0.2) is 4.57 Å². The molecule has 6 heteroatoms. The number of hydrogen-bond acceptors (Lipinski definition) is 4. The molecule has 0 aromatic heterocycles. The first-order valence-electron chi connectivity index (χ1n) is 4.04. The Hall–Kier alpha value is -0.0500. The fourth-order valence-electron chi connectivity index (χ4n) is 0.585. The molecule has 4 nitrogen and oxygen atoms in total. The van der Waals surface area contributed by atoms with Crippen LogP contribution in [0.5, 0.6) is 0 Å². The van der Waals surface area contributed by atoms with Crippen LogP contribution in [0.25, 0.3) is 0 Å². The maximum Gasteiger partial charge on any atom is 0.397 e. The van der Waals surface area contributed by atoms with Crippen LogP contribution in [0.3, 0.4) is 0 Å². The number of hydrogen-bond donors (Lipinski definition) is 0. The van der Waals surface area contributed by atoms with Crippen molar-refractivity contribution in [3.05, 3.63) is 0 Å². The molecule has 0 aliphatic rings. The number of rotatable bonds is 5. The second kappa shape index (κ2) is 5.63. The van der Waals surface area contributed by atoms with E-state index in [2.05, 4.69) is 9.78 Å². The van der Waals surface area contributed by atoms with Crippen molar-refractivity contribution >= 4 is 24.4 Å². The van der Waals surface area contributed by atoms with Crippen LogP contribution in [0.4, 0.5) is 0 Å². The predicted octanol–water partition coefficient (Wildman–Crippen LogP) is 3.21. The lowest BCUT2D eigenvalue weighted by Gasteiger charge is -2.13. The fraction of sp³-hybridized carbons (Fsp3) is 0.857. The van der Waals surface area contributed by atoms with Crippen molar-refractivity contribution in [3.8, 4) is 0 Å². The molecule has 0 heterocycles. The Morgan fingerprint density at radius 3 is 2.54 bits per heavy atom. The van der Waals surface area contributed by atoms with E-state index in [4.69, 9.17) is 16.1 Å². The maximum absolute atomic E-state index is 11.4. The molecule has 0 aliphatic carbocycles. The topological polar surface area (TPSA) is 47.9 Å². The van der Waals surface area contributed by atoms with E-state index in [0.717, 1.165) is 0 Å². The van der Waals surface area contributed by atoms with E-state index in [-0.39, 0.29) is 11.3 Å². The van der Waals surface area contributed by atoms with Crippen molar-refractivity contribution in [1.29, 1.82) is 0 Å². The van der Waals surface area contributed by atoms with Crippen LogP contribution in [-0.4, -0.2) is 17.9 Å². The molecule has 0 bridgehead atoms.